The van der Waals surface area contributed by atoms with Gasteiger partial charge in [-0.1, -0.05) is 0 Å². The molecule has 3 rings (SSSR count). The molecule has 1 heterocycles. The van der Waals surface area contributed by atoms with Crippen molar-refractivity contribution >= 4 is 34.3 Å². The average Bonchev–Trinajstić information content (AvgIpc) is 2.76. The number of anilines is 2. The van der Waals surface area contributed by atoms with Gasteiger partial charge in [0.2, 0.25) is 5.82 Å². The summed E-state index contributed by atoms with van der Waals surface area (Å²) < 4.78 is 50.4. The molecule has 3 aromatic rings. The van der Waals surface area contributed by atoms with Crippen LogP contribution in [0.4, 0.5) is 24.7 Å². The summed E-state index contributed by atoms with van der Waals surface area (Å²) in [6.45, 7) is -0.544. The first-order valence-electron chi connectivity index (χ1n) is 9.00. The van der Waals surface area contributed by atoms with Crippen molar-refractivity contribution in [2.24, 2.45) is 0 Å². The number of rotatable bonds is 7. The van der Waals surface area contributed by atoms with Crippen LogP contribution in [0.1, 0.15) is 16.2 Å². The molecular weight excluding hydrogens is 433 g/mol. The van der Waals surface area contributed by atoms with Gasteiger partial charge in [-0.25, -0.2) is 9.97 Å². The van der Waals surface area contributed by atoms with Crippen molar-refractivity contribution in [1.82, 2.24) is 15.3 Å². The molecule has 0 saturated heterocycles. The maximum Gasteiger partial charge on any atom is 0.451 e. The molecule has 0 radical (unpaired) electrons. The van der Waals surface area contributed by atoms with Crippen molar-refractivity contribution in [3.05, 3.63) is 47.8 Å². The van der Waals surface area contributed by atoms with E-state index in [4.69, 9.17) is 14.6 Å². The van der Waals surface area contributed by atoms with Gasteiger partial charge in [-0.15, -0.1) is 0 Å². The summed E-state index contributed by atoms with van der Waals surface area (Å²) in [5.74, 6) is -2.80. The summed E-state index contributed by atoms with van der Waals surface area (Å²) in [7, 11) is 2.73. The largest absolute Gasteiger partial charge is 0.493 e. The lowest BCUT2D eigenvalue weighted by molar-refractivity contribution is -0.144. The Kier molecular flexibility index (Phi) is 6.32. The van der Waals surface area contributed by atoms with E-state index in [1.165, 1.54) is 50.6 Å². The summed E-state index contributed by atoms with van der Waals surface area (Å²) in [5, 5.41) is 13.9. The standard InChI is InChI=1S/C20H17F3N4O5/c1-31-14-7-12-13(8-15(14)32-2)26-19(20(21,22)23)27-17(12)25-11-5-3-10(4-6-11)18(30)24-9-16(28)29/h3-8H,9H2,1-2H3,(H,24,30)(H,28,29)(H,25,26,27). The number of hydrogen-bond acceptors (Lipinski definition) is 7. The number of aromatic nitrogens is 2. The first-order valence-corrected chi connectivity index (χ1v) is 9.00. The first kappa shape index (κ1) is 22.6. The van der Waals surface area contributed by atoms with E-state index in [0.29, 0.717) is 5.69 Å². The molecule has 0 bridgehead atoms. The molecule has 2 aromatic carbocycles. The molecule has 0 unspecified atom stereocenters. The minimum atomic E-state index is -4.79. The zero-order valence-corrected chi connectivity index (χ0v) is 16.8. The number of amides is 1. The molecule has 3 N–H and O–H groups in total. The number of ether oxygens (including phenoxy) is 2. The van der Waals surface area contributed by atoms with Gasteiger partial charge in [0.05, 0.1) is 19.7 Å². The number of nitrogens with zero attached hydrogens (tertiary/aromatic N) is 2. The Hall–Kier alpha value is -4.09. The molecule has 9 nitrogen and oxygen atoms in total. The van der Waals surface area contributed by atoms with Gasteiger partial charge in [-0.3, -0.25) is 9.59 Å². The fourth-order valence-corrected chi connectivity index (χ4v) is 2.78. The van der Waals surface area contributed by atoms with Crippen LogP contribution in [0.25, 0.3) is 10.9 Å². The van der Waals surface area contributed by atoms with Gasteiger partial charge in [0.25, 0.3) is 5.91 Å². The first-order chi connectivity index (χ1) is 15.1. The zero-order chi connectivity index (χ0) is 23.5. The van der Waals surface area contributed by atoms with Crippen LogP contribution in [0.5, 0.6) is 11.5 Å². The number of alkyl halides is 3. The van der Waals surface area contributed by atoms with Crippen LogP contribution in [0.3, 0.4) is 0 Å². The Morgan fingerprint density at radius 3 is 2.22 bits per heavy atom. The van der Waals surface area contributed by atoms with E-state index < -0.39 is 30.4 Å². The summed E-state index contributed by atoms with van der Waals surface area (Å²) in [6, 6.07) is 8.42. The van der Waals surface area contributed by atoms with Crippen molar-refractivity contribution in [3.8, 4) is 11.5 Å². The number of carboxylic acids is 1. The van der Waals surface area contributed by atoms with E-state index in [-0.39, 0.29) is 33.8 Å². The van der Waals surface area contributed by atoms with Crippen molar-refractivity contribution in [2.45, 2.75) is 6.18 Å². The molecule has 168 valence electrons. The summed E-state index contributed by atoms with van der Waals surface area (Å²) >= 11 is 0. The van der Waals surface area contributed by atoms with Gasteiger partial charge in [0.1, 0.15) is 12.4 Å². The Balaban J connectivity index is 1.99. The van der Waals surface area contributed by atoms with E-state index in [0.717, 1.165) is 0 Å². The predicted molar refractivity (Wildman–Crippen MR) is 107 cm³/mol. The monoisotopic (exact) mass is 450 g/mol. The molecule has 32 heavy (non-hydrogen) atoms. The lowest BCUT2D eigenvalue weighted by Gasteiger charge is -2.15. The number of carbonyl (C=O) groups is 2. The third-order valence-corrected chi connectivity index (χ3v) is 4.26. The van der Waals surface area contributed by atoms with Gasteiger partial charge in [0, 0.05) is 22.7 Å². The predicted octanol–water partition coefficient (Wildman–Crippen LogP) is 3.22. The van der Waals surface area contributed by atoms with Gasteiger partial charge in [-0.05, 0) is 30.3 Å². The number of fused-ring (bicyclic) bond motifs is 1. The van der Waals surface area contributed by atoms with Crippen LogP contribution >= 0.6 is 0 Å². The number of methoxy groups -OCH3 is 2. The zero-order valence-electron chi connectivity index (χ0n) is 16.8. The van der Waals surface area contributed by atoms with E-state index in [1.54, 1.807) is 0 Å². The highest BCUT2D eigenvalue weighted by molar-refractivity contribution is 5.96. The van der Waals surface area contributed by atoms with E-state index in [1.807, 2.05) is 0 Å². The Bertz CT molecular complexity index is 1170. The molecular formula is C20H17F3N4O5. The van der Waals surface area contributed by atoms with Gasteiger partial charge in [-0.2, -0.15) is 13.2 Å². The quantitative estimate of drug-likeness (QED) is 0.502. The average molecular weight is 450 g/mol. The third-order valence-electron chi connectivity index (χ3n) is 4.26. The van der Waals surface area contributed by atoms with Crippen LogP contribution in [0, 0.1) is 0 Å². The number of hydrogen-bond donors (Lipinski definition) is 3. The van der Waals surface area contributed by atoms with Crippen molar-refractivity contribution in [1.29, 1.82) is 0 Å². The molecule has 0 fully saturated rings. The fraction of sp³-hybridized carbons (Fsp3) is 0.200. The van der Waals surface area contributed by atoms with Crippen molar-refractivity contribution in [3.63, 3.8) is 0 Å². The minimum Gasteiger partial charge on any atom is -0.493 e. The van der Waals surface area contributed by atoms with Crippen LogP contribution in [-0.4, -0.2) is 47.7 Å². The molecule has 0 aliphatic heterocycles. The van der Waals surface area contributed by atoms with Crippen LogP contribution in [0.15, 0.2) is 36.4 Å². The van der Waals surface area contributed by atoms with Gasteiger partial charge in [0.15, 0.2) is 11.5 Å². The smallest absolute Gasteiger partial charge is 0.451 e. The summed E-state index contributed by atoms with van der Waals surface area (Å²) in [4.78, 5) is 29.7. The van der Waals surface area contributed by atoms with Crippen LogP contribution < -0.4 is 20.1 Å². The number of halogens is 3. The number of carbonyl (C=O) groups excluding carboxylic acids is 1. The molecule has 0 aliphatic carbocycles. The van der Waals surface area contributed by atoms with Crippen LogP contribution in [-0.2, 0) is 11.0 Å². The highest BCUT2D eigenvalue weighted by Crippen LogP contribution is 2.37. The Labute approximate surface area is 179 Å². The maximum atomic E-state index is 13.3. The maximum absolute atomic E-state index is 13.3. The number of benzene rings is 2. The summed E-state index contributed by atoms with van der Waals surface area (Å²) in [6.07, 6.45) is -4.79. The highest BCUT2D eigenvalue weighted by Gasteiger charge is 2.36. The second-order valence-corrected chi connectivity index (χ2v) is 6.40. The molecule has 0 atom stereocenters. The topological polar surface area (TPSA) is 123 Å². The molecule has 1 amide bonds. The minimum absolute atomic E-state index is 0.0165. The summed E-state index contributed by atoms with van der Waals surface area (Å²) in [5.41, 5.74) is 0.492. The normalized spacial score (nSPS) is 11.2. The molecule has 0 aliphatic rings. The SMILES string of the molecule is COc1cc2nc(C(F)(F)F)nc(Nc3ccc(C(=O)NCC(=O)O)cc3)c2cc1OC. The van der Waals surface area contributed by atoms with Crippen molar-refractivity contribution < 1.29 is 37.3 Å². The lowest BCUT2D eigenvalue weighted by Crippen LogP contribution is -2.29. The van der Waals surface area contributed by atoms with E-state index in [2.05, 4.69) is 20.6 Å². The Morgan fingerprint density at radius 1 is 1.03 bits per heavy atom. The second-order valence-electron chi connectivity index (χ2n) is 6.40. The molecule has 1 aromatic heterocycles. The highest BCUT2D eigenvalue weighted by atomic mass is 19.4. The molecule has 0 saturated carbocycles. The van der Waals surface area contributed by atoms with Crippen LogP contribution in [0.2, 0.25) is 0 Å². The van der Waals surface area contributed by atoms with Crippen molar-refractivity contribution in [2.75, 3.05) is 26.1 Å². The number of nitrogens with one attached hydrogen (secondary N) is 2. The number of aliphatic carboxylic acids is 1. The Morgan fingerprint density at radius 2 is 1.66 bits per heavy atom. The second kappa shape index (κ2) is 8.96. The molecule has 0 spiro atoms. The van der Waals surface area contributed by atoms with Gasteiger partial charge >= 0.3 is 12.1 Å². The number of carboxylic acid groups (broad SMARTS) is 1. The lowest BCUT2D eigenvalue weighted by atomic mass is 10.1. The fourth-order valence-electron chi connectivity index (χ4n) is 2.78. The van der Waals surface area contributed by atoms with Gasteiger partial charge < -0.3 is 25.2 Å². The third kappa shape index (κ3) is 4.96. The van der Waals surface area contributed by atoms with E-state index >= 15 is 0 Å². The molecule has 12 heteroatoms. The van der Waals surface area contributed by atoms with E-state index in [9.17, 15) is 22.8 Å².